The molecule has 0 aromatic heterocycles. The lowest BCUT2D eigenvalue weighted by Crippen LogP contribution is -2.34. The molecule has 3 N–H and O–H groups in total. The summed E-state index contributed by atoms with van der Waals surface area (Å²) in [4.78, 5) is 24.3. The predicted octanol–water partition coefficient (Wildman–Crippen LogP) is 0.702. The maximum absolute atomic E-state index is 11.8. The maximum Gasteiger partial charge on any atom is 0.277 e. The summed E-state index contributed by atoms with van der Waals surface area (Å²) < 4.78 is 0. The van der Waals surface area contributed by atoms with Crippen LogP contribution in [0.1, 0.15) is 0 Å². The highest BCUT2D eigenvalue weighted by molar-refractivity contribution is 6.30. The van der Waals surface area contributed by atoms with Crippen molar-refractivity contribution < 1.29 is 19.8 Å². The van der Waals surface area contributed by atoms with Crippen LogP contribution in [0.4, 0.5) is 5.69 Å². The number of amides is 2. The molecule has 0 bridgehead atoms. The van der Waals surface area contributed by atoms with E-state index in [1.165, 1.54) is 18.2 Å². The van der Waals surface area contributed by atoms with Gasteiger partial charge < -0.3 is 15.5 Å². The maximum atomic E-state index is 11.8. The van der Waals surface area contributed by atoms with Crippen LogP contribution in [0.15, 0.2) is 30.0 Å². The molecule has 6 nitrogen and oxygen atoms in total. The van der Waals surface area contributed by atoms with Gasteiger partial charge in [-0.15, -0.1) is 0 Å². The van der Waals surface area contributed by atoms with E-state index >= 15 is 0 Å². The van der Waals surface area contributed by atoms with Gasteiger partial charge in [-0.25, -0.2) is 0 Å². The molecule has 7 heteroatoms. The number of phenols is 1. The van der Waals surface area contributed by atoms with E-state index in [1.54, 1.807) is 0 Å². The molecule has 1 aromatic rings. The van der Waals surface area contributed by atoms with Gasteiger partial charge in [-0.1, -0.05) is 11.6 Å². The summed E-state index contributed by atoms with van der Waals surface area (Å²) in [6, 6.07) is 4.35. The molecule has 0 spiro atoms. The van der Waals surface area contributed by atoms with E-state index in [2.05, 4.69) is 5.32 Å². The smallest absolute Gasteiger partial charge is 0.277 e. The molecule has 2 rings (SSSR count). The van der Waals surface area contributed by atoms with Crippen LogP contribution in [0.25, 0.3) is 0 Å². The van der Waals surface area contributed by atoms with Gasteiger partial charge in [0, 0.05) is 17.2 Å². The van der Waals surface area contributed by atoms with Gasteiger partial charge in [0.25, 0.3) is 11.8 Å². The summed E-state index contributed by atoms with van der Waals surface area (Å²) in [5.41, 5.74) is 0.304. The number of carbonyl (C=O) groups is 2. The first kappa shape index (κ1) is 13.4. The number of hydrogen-bond acceptors (Lipinski definition) is 5. The molecule has 0 saturated carbocycles. The number of aliphatic hydroxyl groups is 1. The highest BCUT2D eigenvalue weighted by atomic mass is 35.5. The third-order valence-corrected chi connectivity index (χ3v) is 2.80. The first-order valence-electron chi connectivity index (χ1n) is 5.47. The topological polar surface area (TPSA) is 89.9 Å². The zero-order chi connectivity index (χ0) is 14.0. The molecule has 1 aliphatic heterocycles. The Hall–Kier alpha value is -2.05. The second kappa shape index (κ2) is 5.29. The minimum absolute atomic E-state index is 0.0380. The van der Waals surface area contributed by atoms with Crippen molar-refractivity contribution in [2.75, 3.05) is 18.5 Å². The van der Waals surface area contributed by atoms with Gasteiger partial charge in [0.15, 0.2) is 0 Å². The Morgan fingerprint density at radius 2 is 2.05 bits per heavy atom. The second-order valence-corrected chi connectivity index (χ2v) is 4.30. The molecule has 0 fully saturated rings. The number of rotatable bonds is 4. The van der Waals surface area contributed by atoms with Crippen LogP contribution in [-0.4, -0.2) is 40.1 Å². The largest absolute Gasteiger partial charge is 0.506 e. The van der Waals surface area contributed by atoms with E-state index in [-0.39, 0.29) is 30.3 Å². The van der Waals surface area contributed by atoms with Crippen molar-refractivity contribution in [2.24, 2.45) is 0 Å². The van der Waals surface area contributed by atoms with Gasteiger partial charge in [-0.2, -0.15) is 0 Å². The van der Waals surface area contributed by atoms with Gasteiger partial charge in [0.1, 0.15) is 11.4 Å². The van der Waals surface area contributed by atoms with E-state index in [0.717, 1.165) is 11.0 Å². The van der Waals surface area contributed by atoms with Crippen molar-refractivity contribution in [1.82, 2.24) is 4.90 Å². The Labute approximate surface area is 113 Å². The van der Waals surface area contributed by atoms with Crippen molar-refractivity contribution >= 4 is 29.1 Å². The molecular weight excluding hydrogens is 272 g/mol. The molecule has 1 aliphatic rings. The van der Waals surface area contributed by atoms with Crippen LogP contribution >= 0.6 is 11.6 Å². The van der Waals surface area contributed by atoms with Crippen LogP contribution in [-0.2, 0) is 9.59 Å². The standard InChI is InChI=1S/C12H11ClN2O4/c13-7-1-2-8(10(17)5-7)14-9-6-11(18)15(3-4-16)12(9)19/h1-2,5-6,14,16-17H,3-4H2. The van der Waals surface area contributed by atoms with E-state index in [9.17, 15) is 14.7 Å². The number of phenolic OH excluding ortho intramolecular Hbond substituents is 1. The van der Waals surface area contributed by atoms with Crippen LogP contribution in [0, 0.1) is 0 Å². The van der Waals surface area contributed by atoms with Gasteiger partial charge in [0.2, 0.25) is 0 Å². The fourth-order valence-corrected chi connectivity index (χ4v) is 1.83. The lowest BCUT2D eigenvalue weighted by molar-refractivity contribution is -0.137. The number of aliphatic hydroxyl groups excluding tert-OH is 1. The number of anilines is 1. The molecular formula is C12H11ClN2O4. The first-order chi connectivity index (χ1) is 9.02. The van der Waals surface area contributed by atoms with Crippen LogP contribution in [0.2, 0.25) is 5.02 Å². The number of hydrogen-bond donors (Lipinski definition) is 3. The van der Waals surface area contributed by atoms with Gasteiger partial charge in [0.05, 0.1) is 18.8 Å². The van der Waals surface area contributed by atoms with Crippen LogP contribution in [0.3, 0.4) is 0 Å². The fraction of sp³-hybridized carbons (Fsp3) is 0.167. The van der Waals surface area contributed by atoms with Crippen LogP contribution < -0.4 is 5.32 Å². The Morgan fingerprint density at radius 3 is 2.68 bits per heavy atom. The number of aromatic hydroxyl groups is 1. The van der Waals surface area contributed by atoms with Crippen molar-refractivity contribution in [2.45, 2.75) is 0 Å². The van der Waals surface area contributed by atoms with E-state index in [0.29, 0.717) is 5.02 Å². The Bertz CT molecular complexity index is 571. The van der Waals surface area contributed by atoms with Gasteiger partial charge in [-0.3, -0.25) is 14.5 Å². The summed E-state index contributed by atoms with van der Waals surface area (Å²) in [5, 5.41) is 21.4. The number of benzene rings is 1. The number of β-amino-alcohol motifs (C(OH)–C–C–N with tert-alkyl or cyclic N) is 1. The Morgan fingerprint density at radius 1 is 1.32 bits per heavy atom. The summed E-state index contributed by atoms with van der Waals surface area (Å²) >= 11 is 5.69. The number of nitrogens with zero attached hydrogens (tertiary/aromatic N) is 1. The van der Waals surface area contributed by atoms with Gasteiger partial charge in [-0.05, 0) is 12.1 Å². The lowest BCUT2D eigenvalue weighted by Gasteiger charge is -2.13. The summed E-state index contributed by atoms with van der Waals surface area (Å²) in [6.45, 7) is -0.364. The normalized spacial score (nSPS) is 14.8. The molecule has 0 radical (unpaired) electrons. The van der Waals surface area contributed by atoms with Crippen molar-refractivity contribution in [3.05, 3.63) is 35.0 Å². The molecule has 0 unspecified atom stereocenters. The molecule has 0 atom stereocenters. The zero-order valence-electron chi connectivity index (χ0n) is 9.76. The predicted molar refractivity (Wildman–Crippen MR) is 68.6 cm³/mol. The summed E-state index contributed by atoms with van der Waals surface area (Å²) in [7, 11) is 0. The Balaban J connectivity index is 2.18. The van der Waals surface area contributed by atoms with E-state index in [1.807, 2.05) is 0 Å². The molecule has 2 amide bonds. The highest BCUT2D eigenvalue weighted by Gasteiger charge is 2.30. The monoisotopic (exact) mass is 282 g/mol. The first-order valence-corrected chi connectivity index (χ1v) is 5.84. The average Bonchev–Trinajstić information content (AvgIpc) is 2.61. The third kappa shape index (κ3) is 2.69. The highest BCUT2D eigenvalue weighted by Crippen LogP contribution is 2.28. The van der Waals surface area contributed by atoms with Crippen molar-refractivity contribution in [3.63, 3.8) is 0 Å². The lowest BCUT2D eigenvalue weighted by atomic mass is 10.2. The molecule has 0 aliphatic carbocycles. The third-order valence-electron chi connectivity index (χ3n) is 2.56. The second-order valence-electron chi connectivity index (χ2n) is 3.86. The van der Waals surface area contributed by atoms with Crippen molar-refractivity contribution in [3.8, 4) is 5.75 Å². The number of imide groups is 1. The number of nitrogens with one attached hydrogen (secondary N) is 1. The molecule has 1 heterocycles. The van der Waals surface area contributed by atoms with Gasteiger partial charge >= 0.3 is 0 Å². The van der Waals surface area contributed by atoms with E-state index in [4.69, 9.17) is 16.7 Å². The molecule has 19 heavy (non-hydrogen) atoms. The minimum Gasteiger partial charge on any atom is -0.506 e. The molecule has 100 valence electrons. The summed E-state index contributed by atoms with van der Waals surface area (Å²) in [6.07, 6.45) is 1.12. The number of carbonyl (C=O) groups excluding carboxylic acids is 2. The quantitative estimate of drug-likeness (QED) is 0.559. The summed E-state index contributed by atoms with van der Waals surface area (Å²) in [5.74, 6) is -1.18. The molecule has 0 saturated heterocycles. The van der Waals surface area contributed by atoms with Crippen LogP contribution in [0.5, 0.6) is 5.75 Å². The Kier molecular flexibility index (Phi) is 3.73. The SMILES string of the molecule is O=C1C=C(Nc2ccc(Cl)cc2O)C(=O)N1CCO. The zero-order valence-corrected chi connectivity index (χ0v) is 10.5. The van der Waals surface area contributed by atoms with Crippen molar-refractivity contribution in [1.29, 1.82) is 0 Å². The molecule has 1 aromatic carbocycles. The minimum atomic E-state index is -0.548. The van der Waals surface area contributed by atoms with E-state index < -0.39 is 11.8 Å². The fourth-order valence-electron chi connectivity index (χ4n) is 1.67. The number of halogens is 1. The average molecular weight is 283 g/mol.